The number of nitrogens with one attached hydrogen (secondary N) is 1. The van der Waals surface area contributed by atoms with Crippen molar-refractivity contribution >= 4 is 0 Å². The summed E-state index contributed by atoms with van der Waals surface area (Å²) in [4.78, 5) is 0. The lowest BCUT2D eigenvalue weighted by atomic mass is 9.86. The first-order chi connectivity index (χ1) is 7.58. The van der Waals surface area contributed by atoms with Crippen LogP contribution < -0.4 is 5.32 Å². The summed E-state index contributed by atoms with van der Waals surface area (Å²) in [5, 5.41) is 3.20. The molecule has 0 saturated carbocycles. The first-order valence-electron chi connectivity index (χ1n) is 5.43. The van der Waals surface area contributed by atoms with Crippen LogP contribution in [0, 0.1) is 23.4 Å². The second kappa shape index (κ2) is 4.45. The summed E-state index contributed by atoms with van der Waals surface area (Å²) in [5.41, 5.74) is 0.537. The third-order valence-corrected chi connectivity index (χ3v) is 3.05. The molecule has 0 radical (unpaired) electrons. The van der Waals surface area contributed by atoms with Crippen LogP contribution in [0.5, 0.6) is 0 Å². The summed E-state index contributed by atoms with van der Waals surface area (Å²) in [7, 11) is 0. The molecule has 1 saturated heterocycles. The predicted octanol–water partition coefficient (Wildman–Crippen LogP) is 2.82. The molecule has 2 atom stereocenters. The molecule has 0 aromatic heterocycles. The zero-order valence-electron chi connectivity index (χ0n) is 9.06. The Morgan fingerprint density at radius 3 is 2.31 bits per heavy atom. The van der Waals surface area contributed by atoms with E-state index in [2.05, 4.69) is 12.2 Å². The molecule has 1 aromatic rings. The van der Waals surface area contributed by atoms with Crippen LogP contribution >= 0.6 is 0 Å². The van der Waals surface area contributed by atoms with Crippen molar-refractivity contribution in [1.82, 2.24) is 5.32 Å². The number of halogens is 3. The Bertz CT molecular complexity index is 369. The first-order valence-corrected chi connectivity index (χ1v) is 5.43. The van der Waals surface area contributed by atoms with E-state index in [1.807, 2.05) is 0 Å². The van der Waals surface area contributed by atoms with Gasteiger partial charge < -0.3 is 5.32 Å². The Morgan fingerprint density at radius 2 is 1.75 bits per heavy atom. The van der Waals surface area contributed by atoms with E-state index in [1.165, 1.54) is 0 Å². The minimum Gasteiger partial charge on any atom is -0.316 e. The fraction of sp³-hybridized carbons (Fsp3) is 0.500. The molecule has 4 heteroatoms. The molecule has 1 heterocycles. The number of hydrogen-bond acceptors (Lipinski definition) is 1. The van der Waals surface area contributed by atoms with Gasteiger partial charge >= 0.3 is 0 Å². The average Bonchev–Trinajstić information content (AvgIpc) is 2.25. The van der Waals surface area contributed by atoms with Crippen LogP contribution in [-0.4, -0.2) is 13.1 Å². The Labute approximate surface area is 92.7 Å². The molecular formula is C12H14F3N. The summed E-state index contributed by atoms with van der Waals surface area (Å²) in [6.45, 7) is 3.69. The lowest BCUT2D eigenvalue weighted by molar-refractivity contribution is 0.360. The quantitative estimate of drug-likeness (QED) is 0.730. The Kier molecular flexibility index (Phi) is 3.19. The van der Waals surface area contributed by atoms with Crippen LogP contribution in [-0.2, 0) is 0 Å². The SMILES string of the molecule is CC1CNCC(c2cc(F)c(F)c(F)c2)C1. The molecule has 2 rings (SSSR count). The van der Waals surface area contributed by atoms with Crippen LogP contribution in [0.25, 0.3) is 0 Å². The van der Waals surface area contributed by atoms with Crippen LogP contribution in [0.1, 0.15) is 24.8 Å². The van der Waals surface area contributed by atoms with Gasteiger partial charge in [0.25, 0.3) is 0 Å². The molecule has 1 aliphatic heterocycles. The Morgan fingerprint density at radius 1 is 1.12 bits per heavy atom. The van der Waals surface area contributed by atoms with Crippen LogP contribution in [0.15, 0.2) is 12.1 Å². The molecule has 0 amide bonds. The number of piperidine rings is 1. The molecule has 1 aromatic carbocycles. The lowest BCUT2D eigenvalue weighted by Gasteiger charge is -2.28. The molecular weight excluding hydrogens is 215 g/mol. The van der Waals surface area contributed by atoms with Gasteiger partial charge in [-0.25, -0.2) is 13.2 Å². The van der Waals surface area contributed by atoms with Gasteiger partial charge in [0.15, 0.2) is 17.5 Å². The van der Waals surface area contributed by atoms with Crippen LogP contribution in [0.3, 0.4) is 0 Å². The van der Waals surface area contributed by atoms with E-state index < -0.39 is 17.5 Å². The van der Waals surface area contributed by atoms with Crippen molar-refractivity contribution < 1.29 is 13.2 Å². The maximum atomic E-state index is 13.1. The second-order valence-corrected chi connectivity index (χ2v) is 4.49. The summed E-state index contributed by atoms with van der Waals surface area (Å²) in [6, 6.07) is 2.20. The molecule has 88 valence electrons. The highest BCUT2D eigenvalue weighted by Crippen LogP contribution is 2.28. The van der Waals surface area contributed by atoms with E-state index >= 15 is 0 Å². The molecule has 1 nitrogen and oxygen atoms in total. The minimum atomic E-state index is -1.39. The maximum Gasteiger partial charge on any atom is 0.194 e. The van der Waals surface area contributed by atoms with Crippen molar-refractivity contribution in [2.45, 2.75) is 19.3 Å². The largest absolute Gasteiger partial charge is 0.316 e. The fourth-order valence-electron chi connectivity index (χ4n) is 2.22. The minimum absolute atomic E-state index is 0.0633. The number of hydrogen-bond donors (Lipinski definition) is 1. The monoisotopic (exact) mass is 229 g/mol. The topological polar surface area (TPSA) is 12.0 Å². The average molecular weight is 229 g/mol. The molecule has 1 fully saturated rings. The second-order valence-electron chi connectivity index (χ2n) is 4.49. The molecule has 2 unspecified atom stereocenters. The van der Waals surface area contributed by atoms with Gasteiger partial charge in [0, 0.05) is 6.54 Å². The zero-order chi connectivity index (χ0) is 11.7. The number of rotatable bonds is 1. The van der Waals surface area contributed by atoms with Crippen molar-refractivity contribution in [2.75, 3.05) is 13.1 Å². The van der Waals surface area contributed by atoms with Gasteiger partial charge in [-0.1, -0.05) is 6.92 Å². The molecule has 0 spiro atoms. The van der Waals surface area contributed by atoms with Gasteiger partial charge in [0.05, 0.1) is 0 Å². The van der Waals surface area contributed by atoms with Crippen molar-refractivity contribution in [3.05, 3.63) is 35.1 Å². The molecule has 0 aliphatic carbocycles. The van der Waals surface area contributed by atoms with E-state index in [0.29, 0.717) is 18.0 Å². The van der Waals surface area contributed by atoms with E-state index in [-0.39, 0.29) is 5.92 Å². The van der Waals surface area contributed by atoms with Gasteiger partial charge in [-0.05, 0) is 42.5 Å². The standard InChI is InChI=1S/C12H14F3N/c1-7-2-9(6-16-5-7)8-3-10(13)12(15)11(14)4-8/h3-4,7,9,16H,2,5-6H2,1H3. The van der Waals surface area contributed by atoms with Gasteiger partial charge in [-0.2, -0.15) is 0 Å². The van der Waals surface area contributed by atoms with Crippen molar-refractivity contribution in [3.63, 3.8) is 0 Å². The van der Waals surface area contributed by atoms with Crippen molar-refractivity contribution in [1.29, 1.82) is 0 Å². The molecule has 1 aliphatic rings. The van der Waals surface area contributed by atoms with Crippen LogP contribution in [0.4, 0.5) is 13.2 Å². The van der Waals surface area contributed by atoms with Gasteiger partial charge in [0.1, 0.15) is 0 Å². The van der Waals surface area contributed by atoms with E-state index in [1.54, 1.807) is 0 Å². The third kappa shape index (κ3) is 2.21. The first kappa shape index (κ1) is 11.5. The van der Waals surface area contributed by atoms with E-state index in [0.717, 1.165) is 25.1 Å². The summed E-state index contributed by atoms with van der Waals surface area (Å²) >= 11 is 0. The highest BCUT2D eigenvalue weighted by molar-refractivity contribution is 5.24. The van der Waals surface area contributed by atoms with Crippen molar-refractivity contribution in [3.8, 4) is 0 Å². The normalized spacial score (nSPS) is 25.8. The van der Waals surface area contributed by atoms with Crippen molar-refractivity contribution in [2.24, 2.45) is 5.92 Å². The highest BCUT2D eigenvalue weighted by atomic mass is 19.2. The predicted molar refractivity (Wildman–Crippen MR) is 55.7 cm³/mol. The lowest BCUT2D eigenvalue weighted by Crippen LogP contribution is -2.33. The van der Waals surface area contributed by atoms with Gasteiger partial charge in [-0.15, -0.1) is 0 Å². The maximum absolute atomic E-state index is 13.1. The fourth-order valence-corrected chi connectivity index (χ4v) is 2.22. The summed E-state index contributed by atoms with van der Waals surface area (Å²) < 4.78 is 38.9. The zero-order valence-corrected chi connectivity index (χ0v) is 9.06. The van der Waals surface area contributed by atoms with Crippen LogP contribution in [0.2, 0.25) is 0 Å². The third-order valence-electron chi connectivity index (χ3n) is 3.05. The van der Waals surface area contributed by atoms with E-state index in [9.17, 15) is 13.2 Å². The summed E-state index contributed by atoms with van der Waals surface area (Å²) in [6.07, 6.45) is 0.873. The smallest absolute Gasteiger partial charge is 0.194 e. The Hall–Kier alpha value is -1.03. The van der Waals surface area contributed by atoms with Gasteiger partial charge in [-0.3, -0.25) is 0 Å². The number of benzene rings is 1. The Balaban J connectivity index is 2.26. The molecule has 16 heavy (non-hydrogen) atoms. The van der Waals surface area contributed by atoms with E-state index in [4.69, 9.17) is 0 Å². The summed E-state index contributed by atoms with van der Waals surface area (Å²) in [5.74, 6) is -3.06. The molecule has 0 bridgehead atoms. The highest BCUT2D eigenvalue weighted by Gasteiger charge is 2.22. The molecule has 1 N–H and O–H groups in total. The van der Waals surface area contributed by atoms with Gasteiger partial charge in [0.2, 0.25) is 0 Å².